The Hall–Kier alpha value is -3.03. The van der Waals surface area contributed by atoms with Crippen molar-refractivity contribution in [1.29, 1.82) is 0 Å². The smallest absolute Gasteiger partial charge is 0.338 e. The predicted octanol–water partition coefficient (Wildman–Crippen LogP) is 1.72. The lowest BCUT2D eigenvalue weighted by atomic mass is 9.95. The first-order valence-electron chi connectivity index (χ1n) is 7.56. The summed E-state index contributed by atoms with van der Waals surface area (Å²) in [5.74, 6) is 0.807. The van der Waals surface area contributed by atoms with Crippen LogP contribution in [0.3, 0.4) is 0 Å². The van der Waals surface area contributed by atoms with Gasteiger partial charge in [0.15, 0.2) is 0 Å². The van der Waals surface area contributed by atoms with E-state index < -0.39 is 12.0 Å². The molecule has 0 saturated heterocycles. The van der Waals surface area contributed by atoms with E-state index in [-0.39, 0.29) is 12.6 Å². The van der Waals surface area contributed by atoms with Crippen LogP contribution in [0.1, 0.15) is 25.5 Å². The molecular weight excluding hydrogens is 310 g/mol. The van der Waals surface area contributed by atoms with Crippen molar-refractivity contribution in [3.8, 4) is 5.75 Å². The zero-order chi connectivity index (χ0) is 17.3. The van der Waals surface area contributed by atoms with Crippen LogP contribution in [0, 0.1) is 0 Å². The van der Waals surface area contributed by atoms with E-state index in [1.54, 1.807) is 25.6 Å². The van der Waals surface area contributed by atoms with Gasteiger partial charge in [-0.25, -0.2) is 9.48 Å². The summed E-state index contributed by atoms with van der Waals surface area (Å²) in [5, 5.41) is 7.29. The molecule has 2 aromatic rings. The number of carbonyl (C=O) groups is 1. The highest BCUT2D eigenvalue weighted by Crippen LogP contribution is 2.39. The van der Waals surface area contributed by atoms with Crippen molar-refractivity contribution in [3.05, 3.63) is 41.1 Å². The standard InChI is InChI=1S/C16H19N5O3/c1-4-24-14(22)12-9(2)18-16-19-15(17)20-21(16)13(12)10-7-5-6-8-11(10)23-3/h5-8,13H,4H2,1-3H3,(H3,17,18,19,20)/t13-/m0/s1. The number of nitrogens with two attached hydrogens (primary N) is 1. The third-order valence-corrected chi connectivity index (χ3v) is 3.80. The average molecular weight is 329 g/mol. The lowest BCUT2D eigenvalue weighted by molar-refractivity contribution is -0.139. The molecule has 1 aromatic carbocycles. The molecule has 1 aliphatic heterocycles. The van der Waals surface area contributed by atoms with Crippen LogP contribution in [0.25, 0.3) is 0 Å². The Balaban J connectivity index is 2.21. The zero-order valence-corrected chi connectivity index (χ0v) is 13.7. The molecule has 0 bridgehead atoms. The second kappa shape index (κ2) is 6.23. The Morgan fingerprint density at radius 2 is 2.17 bits per heavy atom. The van der Waals surface area contributed by atoms with E-state index in [9.17, 15) is 4.79 Å². The lowest BCUT2D eigenvalue weighted by Gasteiger charge is -2.28. The fourth-order valence-electron chi connectivity index (χ4n) is 2.82. The number of nitrogens with one attached hydrogen (secondary N) is 1. The van der Waals surface area contributed by atoms with Gasteiger partial charge in [0.1, 0.15) is 11.8 Å². The molecule has 1 atom stereocenters. The van der Waals surface area contributed by atoms with Crippen molar-refractivity contribution in [2.45, 2.75) is 19.9 Å². The number of rotatable bonds is 4. The van der Waals surface area contributed by atoms with Crippen molar-refractivity contribution in [2.24, 2.45) is 0 Å². The molecule has 2 heterocycles. The molecule has 3 N–H and O–H groups in total. The van der Waals surface area contributed by atoms with Gasteiger partial charge in [-0.15, -0.1) is 5.10 Å². The van der Waals surface area contributed by atoms with Gasteiger partial charge < -0.3 is 20.5 Å². The van der Waals surface area contributed by atoms with Crippen molar-refractivity contribution in [2.75, 3.05) is 24.8 Å². The first-order chi connectivity index (χ1) is 11.6. The summed E-state index contributed by atoms with van der Waals surface area (Å²) in [6, 6.07) is 6.90. The molecule has 1 aromatic heterocycles. The summed E-state index contributed by atoms with van der Waals surface area (Å²) < 4.78 is 12.3. The number of nitrogens with zero attached hydrogens (tertiary/aromatic N) is 3. The number of hydrogen-bond donors (Lipinski definition) is 2. The molecule has 24 heavy (non-hydrogen) atoms. The van der Waals surface area contributed by atoms with E-state index in [2.05, 4.69) is 15.4 Å². The third-order valence-electron chi connectivity index (χ3n) is 3.80. The Labute approximate surface area is 139 Å². The topological polar surface area (TPSA) is 104 Å². The number of allylic oxidation sites excluding steroid dienone is 1. The van der Waals surface area contributed by atoms with Crippen LogP contribution in [0.5, 0.6) is 5.75 Å². The maximum Gasteiger partial charge on any atom is 0.338 e. The van der Waals surface area contributed by atoms with Gasteiger partial charge in [-0.05, 0) is 19.9 Å². The third kappa shape index (κ3) is 2.55. The van der Waals surface area contributed by atoms with Crippen LogP contribution in [-0.4, -0.2) is 34.5 Å². The van der Waals surface area contributed by atoms with Gasteiger partial charge in [0.2, 0.25) is 11.9 Å². The van der Waals surface area contributed by atoms with Crippen molar-refractivity contribution in [1.82, 2.24) is 14.8 Å². The lowest BCUT2D eigenvalue weighted by Crippen LogP contribution is -2.30. The molecule has 0 spiro atoms. The van der Waals surface area contributed by atoms with Crippen LogP contribution in [0.4, 0.5) is 11.9 Å². The molecule has 3 rings (SSSR count). The van der Waals surface area contributed by atoms with Gasteiger partial charge in [0.05, 0.1) is 19.3 Å². The quantitative estimate of drug-likeness (QED) is 0.823. The largest absolute Gasteiger partial charge is 0.496 e. The molecule has 0 amide bonds. The summed E-state index contributed by atoms with van der Waals surface area (Å²) in [7, 11) is 1.58. The summed E-state index contributed by atoms with van der Waals surface area (Å²) in [6.45, 7) is 3.84. The molecule has 126 valence electrons. The molecule has 1 aliphatic rings. The first-order valence-corrected chi connectivity index (χ1v) is 7.56. The van der Waals surface area contributed by atoms with Crippen LogP contribution in [-0.2, 0) is 9.53 Å². The number of benzene rings is 1. The van der Waals surface area contributed by atoms with Crippen LogP contribution in [0.15, 0.2) is 35.5 Å². The molecule has 0 radical (unpaired) electrons. The number of methoxy groups -OCH3 is 1. The normalized spacial score (nSPS) is 16.4. The number of esters is 1. The van der Waals surface area contributed by atoms with E-state index in [0.29, 0.717) is 23.0 Å². The number of carbonyl (C=O) groups excluding carboxylic acids is 1. The van der Waals surface area contributed by atoms with Gasteiger partial charge in [0, 0.05) is 11.3 Å². The van der Waals surface area contributed by atoms with Gasteiger partial charge >= 0.3 is 5.97 Å². The van der Waals surface area contributed by atoms with E-state index in [4.69, 9.17) is 15.2 Å². The fraction of sp³-hybridized carbons (Fsp3) is 0.312. The summed E-state index contributed by atoms with van der Waals surface area (Å²) >= 11 is 0. The van der Waals surface area contributed by atoms with Crippen LogP contribution in [0.2, 0.25) is 0 Å². The number of hydrogen-bond acceptors (Lipinski definition) is 7. The number of anilines is 2. The van der Waals surface area contributed by atoms with Crippen LogP contribution >= 0.6 is 0 Å². The molecular formula is C16H19N5O3. The fourth-order valence-corrected chi connectivity index (χ4v) is 2.82. The first kappa shape index (κ1) is 15.9. The molecule has 0 fully saturated rings. The minimum Gasteiger partial charge on any atom is -0.496 e. The Bertz CT molecular complexity index is 812. The molecule has 8 heteroatoms. The predicted molar refractivity (Wildman–Crippen MR) is 88.5 cm³/mol. The second-order valence-electron chi connectivity index (χ2n) is 5.27. The second-order valence-corrected chi connectivity index (χ2v) is 5.27. The van der Waals surface area contributed by atoms with E-state index in [0.717, 1.165) is 5.56 Å². The number of ether oxygens (including phenoxy) is 2. The molecule has 0 saturated carbocycles. The SMILES string of the molecule is CCOC(=O)C1=C(C)Nc2nc(N)nn2[C@H]1c1ccccc1OC. The number of nitrogen functional groups attached to an aromatic ring is 1. The van der Waals surface area contributed by atoms with Gasteiger partial charge in [-0.2, -0.15) is 4.98 Å². The number of para-hydroxylation sites is 1. The molecule has 0 unspecified atom stereocenters. The van der Waals surface area contributed by atoms with Gasteiger partial charge in [0.25, 0.3) is 0 Å². The van der Waals surface area contributed by atoms with E-state index >= 15 is 0 Å². The van der Waals surface area contributed by atoms with Crippen LogP contribution < -0.4 is 15.8 Å². The van der Waals surface area contributed by atoms with Crippen molar-refractivity contribution in [3.63, 3.8) is 0 Å². The van der Waals surface area contributed by atoms with Gasteiger partial charge in [-0.1, -0.05) is 18.2 Å². The average Bonchev–Trinajstić information content (AvgIpc) is 2.93. The van der Waals surface area contributed by atoms with Gasteiger partial charge in [-0.3, -0.25) is 0 Å². The van der Waals surface area contributed by atoms with E-state index in [1.165, 1.54) is 0 Å². The summed E-state index contributed by atoms with van der Waals surface area (Å²) in [5.41, 5.74) is 7.61. The maximum absolute atomic E-state index is 12.6. The highest BCUT2D eigenvalue weighted by Gasteiger charge is 2.36. The highest BCUT2D eigenvalue weighted by molar-refractivity contribution is 5.92. The zero-order valence-electron chi connectivity index (χ0n) is 13.7. The minimum absolute atomic E-state index is 0.121. The monoisotopic (exact) mass is 329 g/mol. The maximum atomic E-state index is 12.6. The number of aromatic nitrogens is 3. The Morgan fingerprint density at radius 3 is 2.88 bits per heavy atom. The molecule has 8 nitrogen and oxygen atoms in total. The highest BCUT2D eigenvalue weighted by atomic mass is 16.5. The van der Waals surface area contributed by atoms with E-state index in [1.807, 2.05) is 24.3 Å². The Morgan fingerprint density at radius 1 is 1.42 bits per heavy atom. The minimum atomic E-state index is -0.541. The Kier molecular flexibility index (Phi) is 4.11. The summed E-state index contributed by atoms with van der Waals surface area (Å²) in [6.07, 6.45) is 0. The number of fused-ring (bicyclic) bond motifs is 1. The summed E-state index contributed by atoms with van der Waals surface area (Å²) in [4.78, 5) is 16.7. The van der Waals surface area contributed by atoms with Crippen molar-refractivity contribution < 1.29 is 14.3 Å². The van der Waals surface area contributed by atoms with Crippen molar-refractivity contribution >= 4 is 17.9 Å². The molecule has 0 aliphatic carbocycles.